The van der Waals surface area contributed by atoms with Crippen molar-refractivity contribution in [2.45, 2.75) is 0 Å². The van der Waals surface area contributed by atoms with Gasteiger partial charge in [0.2, 0.25) is 0 Å². The van der Waals surface area contributed by atoms with Crippen molar-refractivity contribution >= 4 is 11.7 Å². The van der Waals surface area contributed by atoms with Crippen LogP contribution in [0.2, 0.25) is 0 Å². The quantitative estimate of drug-likeness (QED) is 0.430. The zero-order valence-corrected chi connectivity index (χ0v) is 9.10. The zero-order valence-electron chi connectivity index (χ0n) is 7.10. The molecule has 0 saturated carbocycles. The molecule has 0 heterocycles. The SMILES string of the molecule is [NH-]NC(=O)Nc1cccc(F)c1.[Na+]. The summed E-state index contributed by atoms with van der Waals surface area (Å²) in [5.74, 6) is 6.02. The van der Waals surface area contributed by atoms with Gasteiger partial charge in [-0.15, -0.1) is 0 Å². The fraction of sp³-hybridized carbons (Fsp3) is 0. The second-order valence-corrected chi connectivity index (χ2v) is 2.09. The van der Waals surface area contributed by atoms with Crippen molar-refractivity contribution in [2.75, 3.05) is 5.32 Å². The van der Waals surface area contributed by atoms with Crippen molar-refractivity contribution in [1.29, 1.82) is 0 Å². The van der Waals surface area contributed by atoms with Gasteiger partial charge in [-0.3, -0.25) is 4.79 Å². The molecular formula is C7H7FN3NaO. The van der Waals surface area contributed by atoms with E-state index in [0.717, 1.165) is 6.07 Å². The van der Waals surface area contributed by atoms with Gasteiger partial charge in [0.15, 0.2) is 0 Å². The second kappa shape index (κ2) is 5.93. The summed E-state index contributed by atoms with van der Waals surface area (Å²) in [4.78, 5) is 10.6. The Bertz CT molecular complexity index is 295. The van der Waals surface area contributed by atoms with Crippen LogP contribution in [0.4, 0.5) is 14.9 Å². The smallest absolute Gasteiger partial charge is 0.582 e. The van der Waals surface area contributed by atoms with Crippen molar-refractivity contribution in [1.82, 2.24) is 5.43 Å². The molecule has 0 aliphatic heterocycles. The molecule has 1 rings (SSSR count). The van der Waals surface area contributed by atoms with Crippen LogP contribution in [0.1, 0.15) is 0 Å². The van der Waals surface area contributed by atoms with Crippen LogP contribution in [-0.4, -0.2) is 6.03 Å². The normalized spacial score (nSPS) is 8.46. The second-order valence-electron chi connectivity index (χ2n) is 2.09. The van der Waals surface area contributed by atoms with Crippen molar-refractivity contribution < 1.29 is 38.7 Å². The minimum absolute atomic E-state index is 0. The predicted molar refractivity (Wildman–Crippen MR) is 42.9 cm³/mol. The number of carbonyl (C=O) groups excluding carboxylic acids is 1. The molecule has 2 amide bonds. The van der Waals surface area contributed by atoms with Gasteiger partial charge in [0.1, 0.15) is 5.82 Å². The molecule has 0 aromatic heterocycles. The Morgan fingerprint density at radius 3 is 2.69 bits per heavy atom. The van der Waals surface area contributed by atoms with Gasteiger partial charge in [0.05, 0.1) is 0 Å². The summed E-state index contributed by atoms with van der Waals surface area (Å²) in [5.41, 5.74) is 1.93. The predicted octanol–water partition coefficient (Wildman–Crippen LogP) is -1.08. The average Bonchev–Trinajstić information content (AvgIpc) is 2.04. The molecule has 6 heteroatoms. The van der Waals surface area contributed by atoms with Gasteiger partial charge in [-0.05, 0) is 18.2 Å². The molecule has 0 spiro atoms. The van der Waals surface area contributed by atoms with E-state index in [0.29, 0.717) is 5.69 Å². The van der Waals surface area contributed by atoms with Gasteiger partial charge in [-0.1, -0.05) is 6.07 Å². The number of halogens is 1. The Morgan fingerprint density at radius 2 is 2.15 bits per heavy atom. The number of benzene rings is 1. The number of amides is 2. The Hall–Kier alpha value is -0.620. The van der Waals surface area contributed by atoms with E-state index in [1.54, 1.807) is 5.43 Å². The van der Waals surface area contributed by atoms with Crippen LogP contribution in [0.25, 0.3) is 5.84 Å². The van der Waals surface area contributed by atoms with Gasteiger partial charge in [-0.2, -0.15) is 0 Å². The molecule has 13 heavy (non-hydrogen) atoms. The molecule has 0 radical (unpaired) electrons. The van der Waals surface area contributed by atoms with E-state index < -0.39 is 11.8 Å². The van der Waals surface area contributed by atoms with E-state index in [9.17, 15) is 9.18 Å². The summed E-state index contributed by atoms with van der Waals surface area (Å²) < 4.78 is 12.5. The summed E-state index contributed by atoms with van der Waals surface area (Å²) in [7, 11) is 0. The van der Waals surface area contributed by atoms with E-state index in [1.165, 1.54) is 18.2 Å². The molecule has 64 valence electrons. The first-order valence-corrected chi connectivity index (χ1v) is 3.21. The number of hydrogen-bond donors (Lipinski definition) is 2. The van der Waals surface area contributed by atoms with Gasteiger partial charge in [0, 0.05) is 5.69 Å². The fourth-order valence-corrected chi connectivity index (χ4v) is 0.729. The van der Waals surface area contributed by atoms with Crippen LogP contribution in [0.3, 0.4) is 0 Å². The van der Waals surface area contributed by atoms with E-state index in [-0.39, 0.29) is 29.6 Å². The van der Waals surface area contributed by atoms with Crippen LogP contribution >= 0.6 is 0 Å². The zero-order chi connectivity index (χ0) is 8.97. The van der Waals surface area contributed by atoms with E-state index in [4.69, 9.17) is 5.84 Å². The van der Waals surface area contributed by atoms with E-state index in [2.05, 4.69) is 5.32 Å². The number of hydrogen-bond acceptors (Lipinski definition) is 1. The fourth-order valence-electron chi connectivity index (χ4n) is 0.729. The van der Waals surface area contributed by atoms with Gasteiger partial charge in [-0.25, -0.2) is 4.39 Å². The summed E-state index contributed by atoms with van der Waals surface area (Å²) in [6.07, 6.45) is 0. The summed E-state index contributed by atoms with van der Waals surface area (Å²) in [6, 6.07) is 4.73. The van der Waals surface area contributed by atoms with Gasteiger partial charge in [0.25, 0.3) is 0 Å². The first-order chi connectivity index (χ1) is 5.72. The van der Waals surface area contributed by atoms with E-state index >= 15 is 0 Å². The van der Waals surface area contributed by atoms with Crippen molar-refractivity contribution in [2.24, 2.45) is 0 Å². The molecule has 1 aromatic carbocycles. The monoisotopic (exact) mass is 191 g/mol. The minimum Gasteiger partial charge on any atom is -0.582 e. The third-order valence-electron chi connectivity index (χ3n) is 1.20. The molecule has 0 aliphatic carbocycles. The molecule has 4 nitrogen and oxygen atoms in total. The summed E-state index contributed by atoms with van der Waals surface area (Å²) in [6.45, 7) is 0. The van der Waals surface area contributed by atoms with Crippen LogP contribution in [0.15, 0.2) is 24.3 Å². The summed E-state index contributed by atoms with van der Waals surface area (Å²) in [5, 5.41) is 2.25. The maximum absolute atomic E-state index is 12.5. The topological polar surface area (TPSA) is 64.9 Å². The molecule has 0 atom stereocenters. The molecule has 0 fully saturated rings. The molecule has 0 bridgehead atoms. The Morgan fingerprint density at radius 1 is 1.46 bits per heavy atom. The molecule has 0 saturated heterocycles. The van der Waals surface area contributed by atoms with Crippen LogP contribution < -0.4 is 40.3 Å². The largest absolute Gasteiger partial charge is 1.00 e. The maximum atomic E-state index is 12.5. The number of rotatable bonds is 1. The Kier molecular flexibility index (Phi) is 5.65. The third kappa shape index (κ3) is 4.23. The third-order valence-corrected chi connectivity index (χ3v) is 1.20. The number of anilines is 1. The van der Waals surface area contributed by atoms with Gasteiger partial charge < -0.3 is 16.6 Å². The van der Waals surface area contributed by atoms with Crippen LogP contribution in [0.5, 0.6) is 0 Å². The van der Waals surface area contributed by atoms with Gasteiger partial charge >= 0.3 is 35.6 Å². The minimum atomic E-state index is -0.694. The Labute approximate surface area is 96.9 Å². The standard InChI is InChI=1S/C7H7FN3O.Na/c8-5-2-1-3-6(4-5)10-7(12)11-9;/h1-4,9H,(H2,10,11,12);/q-1;+1. The number of nitrogens with one attached hydrogen (secondary N) is 3. The average molecular weight is 191 g/mol. The maximum Gasteiger partial charge on any atom is 1.00 e. The Balaban J connectivity index is 0.00000144. The molecular weight excluding hydrogens is 184 g/mol. The molecule has 0 aliphatic rings. The van der Waals surface area contributed by atoms with Crippen LogP contribution in [0, 0.1) is 5.82 Å². The first kappa shape index (κ1) is 12.4. The van der Waals surface area contributed by atoms with Crippen molar-refractivity contribution in [3.63, 3.8) is 0 Å². The van der Waals surface area contributed by atoms with Crippen molar-refractivity contribution in [3.05, 3.63) is 35.9 Å². The molecule has 3 N–H and O–H groups in total. The molecule has 1 aromatic rings. The molecule has 0 unspecified atom stereocenters. The summed E-state index contributed by atoms with van der Waals surface area (Å²) >= 11 is 0. The first-order valence-electron chi connectivity index (χ1n) is 3.21. The van der Waals surface area contributed by atoms with E-state index in [1.807, 2.05) is 0 Å². The van der Waals surface area contributed by atoms with Crippen molar-refractivity contribution in [3.8, 4) is 0 Å². The number of carbonyl (C=O) groups is 1. The van der Waals surface area contributed by atoms with Crippen LogP contribution in [-0.2, 0) is 0 Å². The number of urea groups is 1.